The number of nitrogens with zero attached hydrogens (tertiary/aromatic N) is 4. The molecule has 0 aliphatic rings. The molecule has 1 unspecified atom stereocenters. The van der Waals surface area contributed by atoms with Crippen LogP contribution in [0.4, 0.5) is 0 Å². The SMILES string of the molecule is CCOC(=O)CCCNCCN(C(C)C)C(C)CN=[N+]=[N-]. The van der Waals surface area contributed by atoms with Crippen LogP contribution in [-0.2, 0) is 9.53 Å². The van der Waals surface area contributed by atoms with Crippen molar-refractivity contribution in [1.82, 2.24) is 10.2 Å². The lowest BCUT2D eigenvalue weighted by atomic mass is 10.2. The second-order valence-electron chi connectivity index (χ2n) is 5.25. The van der Waals surface area contributed by atoms with Gasteiger partial charge in [0.2, 0.25) is 0 Å². The van der Waals surface area contributed by atoms with Crippen molar-refractivity contribution in [3.05, 3.63) is 10.4 Å². The van der Waals surface area contributed by atoms with E-state index in [1.165, 1.54) is 0 Å². The maximum atomic E-state index is 11.2. The van der Waals surface area contributed by atoms with E-state index in [2.05, 4.69) is 41.0 Å². The van der Waals surface area contributed by atoms with Gasteiger partial charge in [-0.3, -0.25) is 9.69 Å². The van der Waals surface area contributed by atoms with Crippen LogP contribution < -0.4 is 5.32 Å². The van der Waals surface area contributed by atoms with Crippen LogP contribution in [-0.4, -0.2) is 55.7 Å². The van der Waals surface area contributed by atoms with E-state index < -0.39 is 0 Å². The van der Waals surface area contributed by atoms with E-state index >= 15 is 0 Å². The van der Waals surface area contributed by atoms with Crippen LogP contribution in [0, 0.1) is 0 Å². The molecule has 0 spiro atoms. The lowest BCUT2D eigenvalue weighted by Gasteiger charge is -2.32. The molecule has 0 saturated heterocycles. The molecule has 7 nitrogen and oxygen atoms in total. The molecule has 0 aliphatic carbocycles. The fourth-order valence-corrected chi connectivity index (χ4v) is 2.17. The highest BCUT2D eigenvalue weighted by Crippen LogP contribution is 2.05. The Labute approximate surface area is 127 Å². The van der Waals surface area contributed by atoms with Crippen molar-refractivity contribution in [2.45, 2.75) is 52.6 Å². The van der Waals surface area contributed by atoms with Gasteiger partial charge in [0.05, 0.1) is 6.61 Å². The van der Waals surface area contributed by atoms with Crippen molar-refractivity contribution < 1.29 is 9.53 Å². The fourth-order valence-electron chi connectivity index (χ4n) is 2.17. The normalized spacial score (nSPS) is 12.3. The number of hydrogen-bond donors (Lipinski definition) is 1. The predicted octanol–water partition coefficient (Wildman–Crippen LogP) is 2.33. The number of nitrogens with one attached hydrogen (secondary N) is 1. The Balaban J connectivity index is 3.84. The number of carbonyl (C=O) groups is 1. The van der Waals surface area contributed by atoms with Gasteiger partial charge in [-0.25, -0.2) is 0 Å². The number of carbonyl (C=O) groups excluding carboxylic acids is 1. The molecule has 7 heteroatoms. The zero-order valence-corrected chi connectivity index (χ0v) is 13.7. The summed E-state index contributed by atoms with van der Waals surface area (Å²) in [6.07, 6.45) is 1.25. The van der Waals surface area contributed by atoms with Crippen molar-refractivity contribution in [3.8, 4) is 0 Å². The molecular formula is C14H29N5O2. The molecule has 0 radical (unpaired) electrons. The molecule has 0 fully saturated rings. The summed E-state index contributed by atoms with van der Waals surface area (Å²) in [6.45, 7) is 11.6. The van der Waals surface area contributed by atoms with Crippen molar-refractivity contribution in [3.63, 3.8) is 0 Å². The molecule has 21 heavy (non-hydrogen) atoms. The second kappa shape index (κ2) is 12.4. The summed E-state index contributed by atoms with van der Waals surface area (Å²) in [5.74, 6) is -0.133. The number of ether oxygens (including phenoxy) is 1. The number of hydrogen-bond acceptors (Lipinski definition) is 5. The van der Waals surface area contributed by atoms with Crippen molar-refractivity contribution in [2.75, 3.05) is 32.8 Å². The first kappa shape index (κ1) is 19.7. The van der Waals surface area contributed by atoms with E-state index in [-0.39, 0.29) is 12.0 Å². The summed E-state index contributed by atoms with van der Waals surface area (Å²) < 4.78 is 4.87. The van der Waals surface area contributed by atoms with Gasteiger partial charge in [-0.2, -0.15) is 0 Å². The predicted molar refractivity (Wildman–Crippen MR) is 84.1 cm³/mol. The summed E-state index contributed by atoms with van der Waals surface area (Å²) in [7, 11) is 0. The van der Waals surface area contributed by atoms with Crippen LogP contribution in [0.5, 0.6) is 0 Å². The highest BCUT2D eigenvalue weighted by molar-refractivity contribution is 5.69. The monoisotopic (exact) mass is 299 g/mol. The summed E-state index contributed by atoms with van der Waals surface area (Å²) in [6, 6.07) is 0.623. The van der Waals surface area contributed by atoms with Crippen molar-refractivity contribution in [1.29, 1.82) is 0 Å². The van der Waals surface area contributed by atoms with E-state index in [0.29, 0.717) is 25.6 Å². The van der Waals surface area contributed by atoms with Gasteiger partial charge in [0.25, 0.3) is 0 Å². The highest BCUT2D eigenvalue weighted by atomic mass is 16.5. The molecule has 0 aromatic carbocycles. The van der Waals surface area contributed by atoms with Crippen LogP contribution in [0.3, 0.4) is 0 Å². The minimum absolute atomic E-state index is 0.133. The Morgan fingerprint density at radius 2 is 2.10 bits per heavy atom. The third kappa shape index (κ3) is 10.1. The van der Waals surface area contributed by atoms with Crippen molar-refractivity contribution >= 4 is 5.97 Å². The highest BCUT2D eigenvalue weighted by Gasteiger charge is 2.15. The van der Waals surface area contributed by atoms with Gasteiger partial charge in [0.15, 0.2) is 0 Å². The quantitative estimate of drug-likeness (QED) is 0.197. The second-order valence-corrected chi connectivity index (χ2v) is 5.25. The minimum atomic E-state index is -0.133. The molecule has 122 valence electrons. The molecule has 0 bridgehead atoms. The van der Waals surface area contributed by atoms with Gasteiger partial charge < -0.3 is 10.1 Å². The summed E-state index contributed by atoms with van der Waals surface area (Å²) >= 11 is 0. The van der Waals surface area contributed by atoms with Gasteiger partial charge in [0, 0.05) is 43.1 Å². The Hall–Kier alpha value is -1.30. The van der Waals surface area contributed by atoms with Gasteiger partial charge in [-0.1, -0.05) is 5.11 Å². The molecule has 0 heterocycles. The van der Waals surface area contributed by atoms with Gasteiger partial charge in [0.1, 0.15) is 0 Å². The largest absolute Gasteiger partial charge is 0.466 e. The number of azide groups is 1. The fraction of sp³-hybridized carbons (Fsp3) is 0.929. The number of esters is 1. The van der Waals surface area contributed by atoms with E-state index in [0.717, 1.165) is 26.1 Å². The maximum Gasteiger partial charge on any atom is 0.305 e. The summed E-state index contributed by atoms with van der Waals surface area (Å²) in [5.41, 5.74) is 8.38. The van der Waals surface area contributed by atoms with E-state index in [1.54, 1.807) is 0 Å². The smallest absolute Gasteiger partial charge is 0.305 e. The van der Waals surface area contributed by atoms with E-state index in [4.69, 9.17) is 10.3 Å². The molecule has 1 atom stereocenters. The average molecular weight is 299 g/mol. The molecule has 1 N–H and O–H groups in total. The van der Waals surface area contributed by atoms with Crippen LogP contribution >= 0.6 is 0 Å². The summed E-state index contributed by atoms with van der Waals surface area (Å²) in [4.78, 5) is 16.3. The van der Waals surface area contributed by atoms with Crippen molar-refractivity contribution in [2.24, 2.45) is 5.11 Å². The van der Waals surface area contributed by atoms with E-state index in [9.17, 15) is 4.79 Å². The van der Waals surface area contributed by atoms with Crippen LogP contribution in [0.15, 0.2) is 5.11 Å². The zero-order valence-electron chi connectivity index (χ0n) is 13.7. The van der Waals surface area contributed by atoms with Gasteiger partial charge in [-0.05, 0) is 46.2 Å². The molecular weight excluding hydrogens is 270 g/mol. The first-order valence-electron chi connectivity index (χ1n) is 7.65. The number of rotatable bonds is 12. The summed E-state index contributed by atoms with van der Waals surface area (Å²) in [5, 5.41) is 6.96. The molecule has 0 aromatic rings. The molecule has 0 amide bonds. The topological polar surface area (TPSA) is 90.3 Å². The lowest BCUT2D eigenvalue weighted by Crippen LogP contribution is -2.44. The third-order valence-electron chi connectivity index (χ3n) is 3.23. The van der Waals surface area contributed by atoms with E-state index in [1.807, 2.05) is 6.92 Å². The Bertz CT molecular complexity index is 329. The molecule has 0 aliphatic heterocycles. The van der Waals surface area contributed by atoms with Gasteiger partial charge in [-0.15, -0.1) is 0 Å². The molecule has 0 saturated carbocycles. The van der Waals surface area contributed by atoms with Gasteiger partial charge >= 0.3 is 5.97 Å². The maximum absolute atomic E-state index is 11.2. The minimum Gasteiger partial charge on any atom is -0.466 e. The average Bonchev–Trinajstić information content (AvgIpc) is 2.43. The third-order valence-corrected chi connectivity index (χ3v) is 3.23. The van der Waals surface area contributed by atoms with Crippen LogP contribution in [0.1, 0.15) is 40.5 Å². The first-order valence-corrected chi connectivity index (χ1v) is 7.65. The lowest BCUT2D eigenvalue weighted by molar-refractivity contribution is -0.143. The van der Waals surface area contributed by atoms with Crippen LogP contribution in [0.2, 0.25) is 0 Å². The first-order chi connectivity index (χ1) is 10.0. The Morgan fingerprint density at radius 1 is 1.38 bits per heavy atom. The van der Waals surface area contributed by atoms with Crippen LogP contribution in [0.25, 0.3) is 10.4 Å². The zero-order chi connectivity index (χ0) is 16.1. The standard InChI is InChI=1S/C14H29N5O2/c1-5-21-14(20)7-6-8-16-9-10-19(12(2)3)13(4)11-17-18-15/h12-13,16H,5-11H2,1-4H3. The molecule has 0 aromatic heterocycles. The Morgan fingerprint density at radius 3 is 2.67 bits per heavy atom. The Kier molecular flexibility index (Phi) is 11.7. The molecule has 0 rings (SSSR count).